The first-order chi connectivity index (χ1) is 8.84. The molecule has 0 unspecified atom stereocenters. The van der Waals surface area contributed by atoms with Crippen LogP contribution in [0.4, 0.5) is 5.13 Å². The molecule has 1 aromatic rings. The van der Waals surface area contributed by atoms with E-state index in [4.69, 9.17) is 0 Å². The van der Waals surface area contributed by atoms with Crippen molar-refractivity contribution < 1.29 is 4.79 Å². The number of piperazine rings is 1. The zero-order valence-electron chi connectivity index (χ0n) is 10.5. The average Bonchev–Trinajstić information content (AvgIpc) is 3.11. The standard InChI is InChI=1S/C13H19N3OS/c17-12(11-3-1-2-4-11)15-6-8-16(9-7-15)13-14-5-10-18-13/h5,10-11H,1-4,6-9H2. The quantitative estimate of drug-likeness (QED) is 0.820. The van der Waals surface area contributed by atoms with E-state index in [2.05, 4.69) is 14.8 Å². The molecule has 0 spiro atoms. The van der Waals surface area contributed by atoms with Gasteiger partial charge in [0.1, 0.15) is 0 Å². The molecule has 2 aliphatic rings. The maximum atomic E-state index is 12.3. The summed E-state index contributed by atoms with van der Waals surface area (Å²) in [5.74, 6) is 0.711. The summed E-state index contributed by atoms with van der Waals surface area (Å²) in [4.78, 5) is 21.0. The largest absolute Gasteiger partial charge is 0.345 e. The summed E-state index contributed by atoms with van der Waals surface area (Å²) in [5.41, 5.74) is 0. The molecule has 1 saturated heterocycles. The summed E-state index contributed by atoms with van der Waals surface area (Å²) >= 11 is 1.68. The molecule has 0 N–H and O–H groups in total. The van der Waals surface area contributed by atoms with Gasteiger partial charge in [-0.05, 0) is 12.8 Å². The number of aromatic nitrogens is 1. The monoisotopic (exact) mass is 265 g/mol. The van der Waals surface area contributed by atoms with Crippen LogP contribution in [-0.2, 0) is 4.79 Å². The maximum Gasteiger partial charge on any atom is 0.225 e. The highest BCUT2D eigenvalue weighted by atomic mass is 32.1. The van der Waals surface area contributed by atoms with E-state index in [1.165, 1.54) is 12.8 Å². The van der Waals surface area contributed by atoms with Gasteiger partial charge in [-0.1, -0.05) is 12.8 Å². The molecule has 5 heteroatoms. The zero-order valence-corrected chi connectivity index (χ0v) is 11.4. The number of carbonyl (C=O) groups is 1. The molecule has 1 aliphatic heterocycles. The zero-order chi connectivity index (χ0) is 12.4. The normalized spacial score (nSPS) is 21.6. The first-order valence-electron chi connectivity index (χ1n) is 6.78. The minimum atomic E-state index is 0.316. The molecular weight excluding hydrogens is 246 g/mol. The van der Waals surface area contributed by atoms with Gasteiger partial charge in [0.2, 0.25) is 5.91 Å². The molecule has 2 heterocycles. The fourth-order valence-corrected chi connectivity index (χ4v) is 3.62. The van der Waals surface area contributed by atoms with Crippen LogP contribution in [0.25, 0.3) is 0 Å². The van der Waals surface area contributed by atoms with Crippen LogP contribution in [0.2, 0.25) is 0 Å². The molecule has 2 fully saturated rings. The minimum Gasteiger partial charge on any atom is -0.345 e. The van der Waals surface area contributed by atoms with Crippen molar-refractivity contribution in [2.24, 2.45) is 5.92 Å². The highest BCUT2D eigenvalue weighted by Gasteiger charge is 2.29. The second-order valence-corrected chi connectivity index (χ2v) is 5.98. The molecule has 3 rings (SSSR count). The Hall–Kier alpha value is -1.10. The Labute approximate surface area is 112 Å². The fourth-order valence-electron chi connectivity index (χ4n) is 2.92. The van der Waals surface area contributed by atoms with Crippen LogP contribution in [-0.4, -0.2) is 42.0 Å². The Morgan fingerprint density at radius 1 is 1.22 bits per heavy atom. The van der Waals surface area contributed by atoms with Gasteiger partial charge in [-0.3, -0.25) is 4.79 Å². The molecule has 0 radical (unpaired) electrons. The van der Waals surface area contributed by atoms with Crippen molar-refractivity contribution in [1.82, 2.24) is 9.88 Å². The number of hydrogen-bond acceptors (Lipinski definition) is 4. The Balaban J connectivity index is 1.55. The van der Waals surface area contributed by atoms with Gasteiger partial charge in [0.15, 0.2) is 5.13 Å². The van der Waals surface area contributed by atoms with Crippen molar-refractivity contribution in [2.75, 3.05) is 31.1 Å². The van der Waals surface area contributed by atoms with Gasteiger partial charge in [-0.25, -0.2) is 4.98 Å². The van der Waals surface area contributed by atoms with Gasteiger partial charge in [0.05, 0.1) is 0 Å². The lowest BCUT2D eigenvalue weighted by atomic mass is 10.1. The molecule has 0 aromatic carbocycles. The van der Waals surface area contributed by atoms with E-state index in [-0.39, 0.29) is 0 Å². The van der Waals surface area contributed by atoms with Crippen LogP contribution in [0.3, 0.4) is 0 Å². The van der Waals surface area contributed by atoms with E-state index in [1.807, 2.05) is 11.6 Å². The number of rotatable bonds is 2. The second-order valence-electron chi connectivity index (χ2n) is 5.11. The van der Waals surface area contributed by atoms with E-state index in [0.29, 0.717) is 11.8 Å². The summed E-state index contributed by atoms with van der Waals surface area (Å²) in [6, 6.07) is 0. The molecule has 0 atom stereocenters. The van der Waals surface area contributed by atoms with Crippen molar-refractivity contribution in [3.63, 3.8) is 0 Å². The molecule has 0 bridgehead atoms. The Morgan fingerprint density at radius 3 is 2.56 bits per heavy atom. The first-order valence-corrected chi connectivity index (χ1v) is 7.66. The molecule has 1 aromatic heterocycles. The van der Waals surface area contributed by atoms with E-state index < -0.39 is 0 Å². The van der Waals surface area contributed by atoms with Crippen LogP contribution in [0.5, 0.6) is 0 Å². The molecule has 1 saturated carbocycles. The number of nitrogens with zero attached hydrogens (tertiary/aromatic N) is 3. The van der Waals surface area contributed by atoms with Crippen molar-refractivity contribution in [2.45, 2.75) is 25.7 Å². The minimum absolute atomic E-state index is 0.316. The van der Waals surface area contributed by atoms with E-state index in [1.54, 1.807) is 11.3 Å². The predicted octanol–water partition coefficient (Wildman–Crippen LogP) is 1.98. The molecule has 4 nitrogen and oxygen atoms in total. The van der Waals surface area contributed by atoms with Gasteiger partial charge in [0.25, 0.3) is 0 Å². The lowest BCUT2D eigenvalue weighted by molar-refractivity contribution is -0.135. The topological polar surface area (TPSA) is 36.4 Å². The first kappa shape index (κ1) is 12.0. The third kappa shape index (κ3) is 2.36. The lowest BCUT2D eigenvalue weighted by Crippen LogP contribution is -2.50. The third-order valence-corrected chi connectivity index (χ3v) is 4.82. The van der Waals surface area contributed by atoms with Gasteiger partial charge in [-0.2, -0.15) is 0 Å². The molecular formula is C13H19N3OS. The molecule has 18 heavy (non-hydrogen) atoms. The van der Waals surface area contributed by atoms with Crippen LogP contribution < -0.4 is 4.90 Å². The number of amides is 1. The van der Waals surface area contributed by atoms with Crippen LogP contribution in [0, 0.1) is 5.92 Å². The van der Waals surface area contributed by atoms with E-state index in [9.17, 15) is 4.79 Å². The maximum absolute atomic E-state index is 12.3. The average molecular weight is 265 g/mol. The van der Waals surface area contributed by atoms with Crippen molar-refractivity contribution in [3.05, 3.63) is 11.6 Å². The van der Waals surface area contributed by atoms with Crippen molar-refractivity contribution in [1.29, 1.82) is 0 Å². The Morgan fingerprint density at radius 2 is 1.94 bits per heavy atom. The smallest absolute Gasteiger partial charge is 0.225 e. The molecule has 1 aliphatic carbocycles. The second kappa shape index (κ2) is 5.26. The number of hydrogen-bond donors (Lipinski definition) is 0. The summed E-state index contributed by atoms with van der Waals surface area (Å²) in [5, 5.41) is 3.09. The van der Waals surface area contributed by atoms with Gasteiger partial charge >= 0.3 is 0 Å². The summed E-state index contributed by atoms with van der Waals surface area (Å²) < 4.78 is 0. The molecule has 98 valence electrons. The highest BCUT2D eigenvalue weighted by Crippen LogP contribution is 2.27. The Kier molecular flexibility index (Phi) is 3.50. The number of anilines is 1. The highest BCUT2D eigenvalue weighted by molar-refractivity contribution is 7.13. The summed E-state index contributed by atoms with van der Waals surface area (Å²) in [6.45, 7) is 3.56. The van der Waals surface area contributed by atoms with Crippen LogP contribution in [0.1, 0.15) is 25.7 Å². The Bertz CT molecular complexity index is 392. The fraction of sp³-hybridized carbons (Fsp3) is 0.692. The van der Waals surface area contributed by atoms with E-state index >= 15 is 0 Å². The van der Waals surface area contributed by atoms with Gasteiger partial charge in [-0.15, -0.1) is 11.3 Å². The number of carbonyl (C=O) groups excluding carboxylic acids is 1. The van der Waals surface area contributed by atoms with E-state index in [0.717, 1.165) is 44.2 Å². The van der Waals surface area contributed by atoms with Crippen LogP contribution >= 0.6 is 11.3 Å². The predicted molar refractivity (Wildman–Crippen MR) is 72.9 cm³/mol. The third-order valence-electron chi connectivity index (χ3n) is 3.99. The SMILES string of the molecule is O=C(C1CCCC1)N1CCN(c2nccs2)CC1. The lowest BCUT2D eigenvalue weighted by Gasteiger charge is -2.35. The van der Waals surface area contributed by atoms with Crippen molar-refractivity contribution in [3.8, 4) is 0 Å². The van der Waals surface area contributed by atoms with Gasteiger partial charge < -0.3 is 9.80 Å². The summed E-state index contributed by atoms with van der Waals surface area (Å²) in [6.07, 6.45) is 6.51. The summed E-state index contributed by atoms with van der Waals surface area (Å²) in [7, 11) is 0. The van der Waals surface area contributed by atoms with Crippen LogP contribution in [0.15, 0.2) is 11.6 Å². The molecule has 1 amide bonds. The van der Waals surface area contributed by atoms with Gasteiger partial charge in [0, 0.05) is 43.7 Å². The van der Waals surface area contributed by atoms with Crippen molar-refractivity contribution >= 4 is 22.4 Å². The number of thiazole rings is 1.